The molecule has 1 aliphatic heterocycles. The zero-order chi connectivity index (χ0) is 44.8. The first-order chi connectivity index (χ1) is 29.3. The summed E-state index contributed by atoms with van der Waals surface area (Å²) in [5, 5.41) is 20.8. The van der Waals surface area contributed by atoms with Crippen LogP contribution in [-0.4, -0.2) is 74.9 Å². The van der Waals surface area contributed by atoms with E-state index in [9.17, 15) is 38.7 Å². The maximum absolute atomic E-state index is 12.8. The van der Waals surface area contributed by atoms with E-state index in [0.717, 1.165) is 48.8 Å². The van der Waals surface area contributed by atoms with Gasteiger partial charge in [0.25, 0.3) is 15.6 Å². The van der Waals surface area contributed by atoms with Crippen molar-refractivity contribution >= 4 is 39.2 Å². The van der Waals surface area contributed by atoms with E-state index in [1.165, 1.54) is 140 Å². The van der Waals surface area contributed by atoms with Crippen LogP contribution in [0.4, 0.5) is 5.82 Å². The molecule has 63 heavy (non-hydrogen) atoms. The van der Waals surface area contributed by atoms with Gasteiger partial charge >= 0.3 is 70.8 Å². The summed E-state index contributed by atoms with van der Waals surface area (Å²) in [7, 11) is -11.2. The maximum Gasteiger partial charge on any atom is 1.00 e. The number of carbonyl (C=O) groups is 1. The van der Waals surface area contributed by atoms with Crippen molar-refractivity contribution in [2.45, 2.75) is 211 Å². The Labute approximate surface area is 425 Å². The molecular formula is C42H77N3Na2O13P2S. The second-order valence-corrected chi connectivity index (χ2v) is 20.3. The summed E-state index contributed by atoms with van der Waals surface area (Å²) in [6.07, 6.45) is 23.8. The molecule has 16 nitrogen and oxygen atoms in total. The van der Waals surface area contributed by atoms with Gasteiger partial charge in [-0.3, -0.25) is 18.5 Å². The third-order valence-electron chi connectivity index (χ3n) is 10.7. The zero-order valence-corrected chi connectivity index (χ0v) is 45.5. The van der Waals surface area contributed by atoms with Crippen molar-refractivity contribution < 1.29 is 116 Å². The van der Waals surface area contributed by atoms with Crippen LogP contribution in [-0.2, 0) is 36.8 Å². The number of nitrogens with zero attached hydrogens (tertiary/aromatic N) is 2. The van der Waals surface area contributed by atoms with Crippen LogP contribution in [0.1, 0.15) is 187 Å². The first kappa shape index (κ1) is 63.6. The first-order valence-corrected chi connectivity index (χ1v) is 27.1. The predicted octanol–water partition coefficient (Wildman–Crippen LogP) is 2.27. The second-order valence-electron chi connectivity index (χ2n) is 16.2. The van der Waals surface area contributed by atoms with Crippen LogP contribution in [0.15, 0.2) is 17.1 Å². The van der Waals surface area contributed by atoms with Crippen molar-refractivity contribution in [3.63, 3.8) is 0 Å². The number of aliphatic hydroxyl groups is 2. The number of hydrogen-bond acceptors (Lipinski definition) is 16. The van der Waals surface area contributed by atoms with Gasteiger partial charge < -0.3 is 44.3 Å². The van der Waals surface area contributed by atoms with Crippen molar-refractivity contribution in [1.29, 1.82) is 0 Å². The topological polar surface area (TPSA) is 245 Å². The Hall–Kier alpha value is 0.640. The van der Waals surface area contributed by atoms with E-state index >= 15 is 0 Å². The molecule has 0 aromatic carbocycles. The molecule has 7 atom stereocenters. The minimum Gasteiger partial charge on any atom is -0.756 e. The molecule has 1 aliphatic rings. The molecule has 21 heteroatoms. The number of phosphoric ester groups is 2. The Kier molecular flexibility index (Phi) is 38.9. The molecule has 0 aliphatic carbocycles. The van der Waals surface area contributed by atoms with E-state index in [4.69, 9.17) is 19.7 Å². The zero-order valence-electron chi connectivity index (χ0n) is 38.9. The van der Waals surface area contributed by atoms with Gasteiger partial charge in [0, 0.05) is 18.4 Å². The van der Waals surface area contributed by atoms with Crippen molar-refractivity contribution in [3.8, 4) is 0 Å². The SMILES string of the molecule is CCCCCCCCCCCCCCCCSCC(COP(=O)([O-])OP(=O)([O-])OC[C@H]1OC(n2ccc(N)nc2=O)[C@@H](O)[C@@H]1O)OC(=O)CCCCCCCCCCCCC.[Na+].[Na+]. The maximum atomic E-state index is 12.8. The summed E-state index contributed by atoms with van der Waals surface area (Å²) < 4.78 is 50.9. The number of nitrogen functional groups attached to an aromatic ring is 1. The molecule has 0 amide bonds. The monoisotopic (exact) mass is 971 g/mol. The van der Waals surface area contributed by atoms with Gasteiger partial charge in [-0.25, -0.2) is 9.11 Å². The van der Waals surface area contributed by atoms with Crippen molar-refractivity contribution in [3.05, 3.63) is 22.7 Å². The average Bonchev–Trinajstić information content (AvgIpc) is 3.49. The van der Waals surface area contributed by atoms with Gasteiger partial charge in [0.05, 0.1) is 13.2 Å². The van der Waals surface area contributed by atoms with Gasteiger partial charge in [-0.15, -0.1) is 0 Å². The van der Waals surface area contributed by atoms with E-state index in [-0.39, 0.29) is 77.1 Å². The third kappa shape index (κ3) is 30.7. The Morgan fingerprint density at radius 3 is 1.73 bits per heavy atom. The van der Waals surface area contributed by atoms with Gasteiger partial charge in [-0.05, 0) is 24.7 Å². The van der Waals surface area contributed by atoms with Gasteiger partial charge in [0.1, 0.15) is 30.2 Å². The molecule has 1 aromatic rings. The van der Waals surface area contributed by atoms with E-state index in [1.807, 2.05) is 0 Å². The number of nitrogens with two attached hydrogens (primary N) is 1. The molecule has 2 rings (SSSR count). The largest absolute Gasteiger partial charge is 1.00 e. The number of aliphatic hydroxyl groups excluding tert-OH is 2. The Balaban J connectivity index is 0.0000192. The average molecular weight is 972 g/mol. The molecule has 4 unspecified atom stereocenters. The molecule has 2 heterocycles. The van der Waals surface area contributed by atoms with Crippen LogP contribution in [0.2, 0.25) is 0 Å². The fourth-order valence-electron chi connectivity index (χ4n) is 7.13. The smallest absolute Gasteiger partial charge is 0.756 e. The number of aromatic nitrogens is 2. The van der Waals surface area contributed by atoms with Crippen LogP contribution in [0, 0.1) is 0 Å². The third-order valence-corrected chi connectivity index (χ3v) is 14.4. The summed E-state index contributed by atoms with van der Waals surface area (Å²) in [6.45, 7) is 2.81. The molecule has 0 radical (unpaired) electrons. The summed E-state index contributed by atoms with van der Waals surface area (Å²) >= 11 is 1.50. The normalized spacial score (nSPS) is 19.7. The molecule has 4 N–H and O–H groups in total. The van der Waals surface area contributed by atoms with Crippen LogP contribution in [0.25, 0.3) is 0 Å². The predicted molar refractivity (Wildman–Crippen MR) is 236 cm³/mol. The number of unbranched alkanes of at least 4 members (excludes halogenated alkanes) is 23. The number of rotatable bonds is 39. The molecule has 0 saturated carbocycles. The number of anilines is 1. The van der Waals surface area contributed by atoms with E-state index < -0.39 is 71.2 Å². The van der Waals surface area contributed by atoms with Crippen LogP contribution < -0.4 is 80.3 Å². The van der Waals surface area contributed by atoms with Gasteiger partial charge in [-0.1, -0.05) is 162 Å². The second kappa shape index (κ2) is 38.5. The Morgan fingerprint density at radius 1 is 0.778 bits per heavy atom. The van der Waals surface area contributed by atoms with Gasteiger partial charge in [-0.2, -0.15) is 16.7 Å². The Morgan fingerprint density at radius 2 is 1.24 bits per heavy atom. The van der Waals surface area contributed by atoms with Crippen LogP contribution >= 0.6 is 27.4 Å². The summed E-state index contributed by atoms with van der Waals surface area (Å²) in [4.78, 5) is 53.7. The molecule has 1 aromatic heterocycles. The van der Waals surface area contributed by atoms with Crippen molar-refractivity contribution in [2.75, 3.05) is 30.5 Å². The van der Waals surface area contributed by atoms with Crippen molar-refractivity contribution in [1.82, 2.24) is 9.55 Å². The molecule has 0 spiro atoms. The van der Waals surface area contributed by atoms with E-state index in [2.05, 4.69) is 27.7 Å². The molecular weight excluding hydrogens is 894 g/mol. The number of ether oxygens (including phenoxy) is 2. The minimum absolute atomic E-state index is 0. The van der Waals surface area contributed by atoms with E-state index in [0.29, 0.717) is 6.42 Å². The fraction of sp³-hybridized carbons (Fsp3) is 0.881. The fourth-order valence-corrected chi connectivity index (χ4v) is 10.2. The number of carbonyl (C=O) groups excluding carboxylic acids is 1. The van der Waals surface area contributed by atoms with Crippen LogP contribution in [0.3, 0.4) is 0 Å². The minimum atomic E-state index is -5.63. The molecule has 1 fully saturated rings. The van der Waals surface area contributed by atoms with Crippen LogP contribution in [0.5, 0.6) is 0 Å². The number of esters is 1. The standard InChI is InChI=1S/C42H79N3O13P2S.2Na/c1-3-5-7-9-11-13-15-16-17-19-21-23-25-27-31-61-34-35(56-38(46)28-26-24-22-20-18-14-12-10-8-6-4-2)32-54-59(50,51)58-60(52,53)55-33-36-39(47)40(48)41(57-36)45-30-29-37(43)44-42(45)49;;/h29-30,35-36,39-41,47-48H,3-28,31-34H2,1-2H3,(H,50,51)(H,52,53)(H2,43,44,49);;/q;2*+1/p-2/t35?,36-,39-,40+,41?;;/m1../s1. The summed E-state index contributed by atoms with van der Waals surface area (Å²) in [5.74, 6) is 0.425. The summed E-state index contributed by atoms with van der Waals surface area (Å²) in [5.41, 5.74) is 4.59. The number of thioether (sulfide) groups is 1. The first-order valence-electron chi connectivity index (χ1n) is 23.0. The quantitative estimate of drug-likeness (QED) is 0.0371. The number of hydrogen-bond donors (Lipinski definition) is 3. The molecule has 1 saturated heterocycles. The van der Waals surface area contributed by atoms with Crippen molar-refractivity contribution in [2.24, 2.45) is 0 Å². The molecule has 356 valence electrons. The van der Waals surface area contributed by atoms with Gasteiger partial charge in [0.15, 0.2) is 6.23 Å². The Bertz CT molecular complexity index is 1470. The molecule has 0 bridgehead atoms. The van der Waals surface area contributed by atoms with E-state index in [1.54, 1.807) is 0 Å². The van der Waals surface area contributed by atoms with Gasteiger partial charge in [0.2, 0.25) is 0 Å². The number of phosphoric acid groups is 2. The summed E-state index contributed by atoms with van der Waals surface area (Å²) in [6, 6.07) is 1.25.